The molecule has 1 saturated carbocycles. The normalized spacial score (nSPS) is 22.8. The minimum atomic E-state index is 0.0550. The predicted molar refractivity (Wildman–Crippen MR) is 90.6 cm³/mol. The first-order chi connectivity index (χ1) is 11.3. The molecular weight excluding hydrogens is 290 g/mol. The van der Waals surface area contributed by atoms with Crippen molar-refractivity contribution in [3.63, 3.8) is 0 Å². The Morgan fingerprint density at radius 1 is 1.39 bits per heavy atom. The summed E-state index contributed by atoms with van der Waals surface area (Å²) in [6.07, 6.45) is 9.69. The van der Waals surface area contributed by atoms with Gasteiger partial charge in [-0.3, -0.25) is 4.79 Å². The number of morpholine rings is 1. The molecule has 0 aromatic carbocycles. The van der Waals surface area contributed by atoms with Gasteiger partial charge in [0.1, 0.15) is 5.82 Å². The van der Waals surface area contributed by atoms with Crippen LogP contribution in [0.4, 0.5) is 5.82 Å². The molecule has 2 heterocycles. The lowest BCUT2D eigenvalue weighted by Gasteiger charge is -2.35. The zero-order valence-electron chi connectivity index (χ0n) is 14.0. The first-order valence-electron chi connectivity index (χ1n) is 8.81. The summed E-state index contributed by atoms with van der Waals surface area (Å²) in [6.45, 7) is 2.00. The van der Waals surface area contributed by atoms with Gasteiger partial charge in [-0.25, -0.2) is 4.98 Å². The van der Waals surface area contributed by atoms with Crippen molar-refractivity contribution in [3.05, 3.63) is 23.9 Å². The second-order valence-electron chi connectivity index (χ2n) is 6.63. The van der Waals surface area contributed by atoms with Gasteiger partial charge in [-0.15, -0.1) is 0 Å². The van der Waals surface area contributed by atoms with Crippen molar-refractivity contribution in [2.75, 3.05) is 32.1 Å². The fraction of sp³-hybridized carbons (Fsp3) is 0.667. The van der Waals surface area contributed by atoms with Crippen LogP contribution in [0.2, 0.25) is 0 Å². The number of ether oxygens (including phenoxy) is 1. The molecule has 1 aliphatic heterocycles. The molecule has 0 radical (unpaired) electrons. The van der Waals surface area contributed by atoms with Crippen molar-refractivity contribution in [1.82, 2.24) is 9.88 Å². The zero-order valence-corrected chi connectivity index (χ0v) is 14.0. The van der Waals surface area contributed by atoms with E-state index in [1.807, 2.05) is 17.0 Å². The van der Waals surface area contributed by atoms with Gasteiger partial charge in [-0.05, 0) is 24.5 Å². The molecule has 2 fully saturated rings. The van der Waals surface area contributed by atoms with Crippen LogP contribution in [-0.4, -0.2) is 48.6 Å². The van der Waals surface area contributed by atoms with Gasteiger partial charge in [-0.2, -0.15) is 0 Å². The van der Waals surface area contributed by atoms with Gasteiger partial charge >= 0.3 is 0 Å². The maximum atomic E-state index is 12.8. The summed E-state index contributed by atoms with van der Waals surface area (Å²) in [5.41, 5.74) is 0.647. The van der Waals surface area contributed by atoms with E-state index >= 15 is 0 Å². The van der Waals surface area contributed by atoms with Crippen LogP contribution in [0.1, 0.15) is 48.9 Å². The van der Waals surface area contributed by atoms with Crippen molar-refractivity contribution in [2.24, 2.45) is 5.92 Å². The number of pyridine rings is 1. The Bertz CT molecular complexity index is 529. The molecule has 0 spiro atoms. The third-order valence-electron chi connectivity index (χ3n) is 5.02. The van der Waals surface area contributed by atoms with Gasteiger partial charge in [0.25, 0.3) is 5.91 Å². The van der Waals surface area contributed by atoms with Crippen LogP contribution in [0.25, 0.3) is 0 Å². The van der Waals surface area contributed by atoms with Gasteiger partial charge in [0.2, 0.25) is 0 Å². The lowest BCUT2D eigenvalue weighted by molar-refractivity contribution is -0.0336. The van der Waals surface area contributed by atoms with E-state index in [1.165, 1.54) is 32.1 Å². The highest BCUT2D eigenvalue weighted by atomic mass is 16.5. The van der Waals surface area contributed by atoms with Crippen LogP contribution >= 0.6 is 0 Å². The lowest BCUT2D eigenvalue weighted by Crippen LogP contribution is -2.46. The number of rotatable bonds is 4. The molecule has 3 rings (SSSR count). The summed E-state index contributed by atoms with van der Waals surface area (Å²) in [6, 6.07) is 3.65. The maximum absolute atomic E-state index is 12.8. The van der Waals surface area contributed by atoms with E-state index < -0.39 is 0 Å². The topological polar surface area (TPSA) is 54.5 Å². The molecule has 1 N–H and O–H groups in total. The highest BCUT2D eigenvalue weighted by molar-refractivity contribution is 5.98. The zero-order chi connectivity index (χ0) is 16.1. The number of hydrogen-bond donors (Lipinski definition) is 1. The largest absolute Gasteiger partial charge is 0.375 e. The molecule has 1 unspecified atom stereocenters. The number of nitrogens with one attached hydrogen (secondary N) is 1. The molecule has 0 bridgehead atoms. The van der Waals surface area contributed by atoms with E-state index in [4.69, 9.17) is 4.74 Å². The molecule has 1 saturated heterocycles. The molecule has 1 aromatic rings. The Hall–Kier alpha value is -1.62. The van der Waals surface area contributed by atoms with E-state index in [2.05, 4.69) is 10.3 Å². The van der Waals surface area contributed by atoms with Gasteiger partial charge < -0.3 is 15.0 Å². The van der Waals surface area contributed by atoms with Crippen LogP contribution in [0.3, 0.4) is 0 Å². The van der Waals surface area contributed by atoms with E-state index in [9.17, 15) is 4.79 Å². The Morgan fingerprint density at radius 2 is 2.22 bits per heavy atom. The second kappa shape index (κ2) is 7.77. The number of carbonyl (C=O) groups excluding carboxylic acids is 1. The van der Waals surface area contributed by atoms with Crippen LogP contribution in [0.15, 0.2) is 18.3 Å². The summed E-state index contributed by atoms with van der Waals surface area (Å²) in [5.74, 6) is 1.47. The van der Waals surface area contributed by atoms with Crippen molar-refractivity contribution in [2.45, 2.75) is 44.6 Å². The van der Waals surface area contributed by atoms with Crippen molar-refractivity contribution in [3.8, 4) is 0 Å². The van der Waals surface area contributed by atoms with Gasteiger partial charge in [0.15, 0.2) is 0 Å². The number of amides is 1. The first kappa shape index (κ1) is 16.2. The van der Waals surface area contributed by atoms with E-state index in [-0.39, 0.29) is 12.0 Å². The summed E-state index contributed by atoms with van der Waals surface area (Å²) in [7, 11) is 1.80. The van der Waals surface area contributed by atoms with Crippen molar-refractivity contribution in [1.29, 1.82) is 0 Å². The molecule has 1 aromatic heterocycles. The van der Waals surface area contributed by atoms with Crippen LogP contribution < -0.4 is 5.32 Å². The molecule has 1 aliphatic carbocycles. The summed E-state index contributed by atoms with van der Waals surface area (Å²) in [4.78, 5) is 19.0. The summed E-state index contributed by atoms with van der Waals surface area (Å²) < 4.78 is 5.93. The van der Waals surface area contributed by atoms with E-state index in [0.29, 0.717) is 31.1 Å². The SMILES string of the molecule is CNc1ncccc1C(=O)N1CCOC(CC2CCCCC2)C1. The third kappa shape index (κ3) is 4.02. The highest BCUT2D eigenvalue weighted by Gasteiger charge is 2.28. The lowest BCUT2D eigenvalue weighted by atomic mass is 9.85. The van der Waals surface area contributed by atoms with Gasteiger partial charge in [-0.1, -0.05) is 32.1 Å². The monoisotopic (exact) mass is 317 g/mol. The Labute approximate surface area is 138 Å². The Balaban J connectivity index is 1.62. The number of anilines is 1. The fourth-order valence-electron chi connectivity index (χ4n) is 3.79. The van der Waals surface area contributed by atoms with E-state index in [0.717, 1.165) is 12.3 Å². The number of nitrogens with zero attached hydrogens (tertiary/aromatic N) is 2. The minimum Gasteiger partial charge on any atom is -0.375 e. The smallest absolute Gasteiger partial charge is 0.257 e. The maximum Gasteiger partial charge on any atom is 0.257 e. The quantitative estimate of drug-likeness (QED) is 0.927. The average molecular weight is 317 g/mol. The fourth-order valence-corrected chi connectivity index (χ4v) is 3.79. The molecule has 1 atom stereocenters. The molecule has 126 valence electrons. The van der Waals surface area contributed by atoms with Crippen LogP contribution in [-0.2, 0) is 4.74 Å². The van der Waals surface area contributed by atoms with Crippen LogP contribution in [0.5, 0.6) is 0 Å². The average Bonchev–Trinajstić information content (AvgIpc) is 2.62. The molecule has 23 heavy (non-hydrogen) atoms. The van der Waals surface area contributed by atoms with Gasteiger partial charge in [0, 0.05) is 26.3 Å². The molecular formula is C18H27N3O2. The Morgan fingerprint density at radius 3 is 3.00 bits per heavy atom. The summed E-state index contributed by atoms with van der Waals surface area (Å²) >= 11 is 0. The van der Waals surface area contributed by atoms with Crippen LogP contribution in [0, 0.1) is 5.92 Å². The van der Waals surface area contributed by atoms with Gasteiger partial charge in [0.05, 0.1) is 18.3 Å². The molecule has 1 amide bonds. The second-order valence-corrected chi connectivity index (χ2v) is 6.63. The van der Waals surface area contributed by atoms with Crippen molar-refractivity contribution >= 4 is 11.7 Å². The number of carbonyl (C=O) groups is 1. The first-order valence-corrected chi connectivity index (χ1v) is 8.81. The minimum absolute atomic E-state index is 0.0550. The highest BCUT2D eigenvalue weighted by Crippen LogP contribution is 2.29. The van der Waals surface area contributed by atoms with E-state index in [1.54, 1.807) is 13.2 Å². The standard InChI is InChI=1S/C18H27N3O2/c1-19-17-16(8-5-9-20-17)18(22)21-10-11-23-15(13-21)12-14-6-3-2-4-7-14/h5,8-9,14-15H,2-4,6-7,10-13H2,1H3,(H,19,20). The Kier molecular flexibility index (Phi) is 5.49. The van der Waals surface area contributed by atoms with Crippen molar-refractivity contribution < 1.29 is 9.53 Å². The molecule has 2 aliphatic rings. The third-order valence-corrected chi connectivity index (χ3v) is 5.02. The molecule has 5 nitrogen and oxygen atoms in total. The predicted octanol–water partition coefficient (Wildman–Crippen LogP) is 2.93. The number of hydrogen-bond acceptors (Lipinski definition) is 4. The summed E-state index contributed by atoms with van der Waals surface area (Å²) in [5, 5.41) is 3.00. The number of aromatic nitrogens is 1. The molecule has 5 heteroatoms.